The van der Waals surface area contributed by atoms with Gasteiger partial charge in [0.1, 0.15) is 11.7 Å². The fourth-order valence-corrected chi connectivity index (χ4v) is 1.17. The van der Waals surface area contributed by atoms with Crippen LogP contribution in [0.5, 0.6) is 0 Å². The molecule has 1 heterocycles. The molecule has 0 aromatic carbocycles. The van der Waals surface area contributed by atoms with Gasteiger partial charge in [0.25, 0.3) is 5.91 Å². The standard InChI is InChI=1S/C12H14N4O2/c1-8(11(14)17)16-12(18)10-9(4-2-6-13)5-3-7-15-10/h3,5,7-8H,6,13H2,1H3,(H2,14,17)(H,16,18). The lowest BCUT2D eigenvalue weighted by atomic mass is 10.1. The van der Waals surface area contributed by atoms with E-state index in [0.717, 1.165) is 0 Å². The summed E-state index contributed by atoms with van der Waals surface area (Å²) in [6, 6.07) is 2.55. The molecule has 1 aromatic heterocycles. The molecule has 1 atom stereocenters. The van der Waals surface area contributed by atoms with Crippen molar-refractivity contribution in [3.63, 3.8) is 0 Å². The molecule has 0 aliphatic carbocycles. The molecule has 94 valence electrons. The molecular formula is C12H14N4O2. The third-order valence-electron chi connectivity index (χ3n) is 2.12. The molecule has 0 fully saturated rings. The molecule has 0 radical (unpaired) electrons. The number of hydrogen-bond acceptors (Lipinski definition) is 4. The molecule has 0 aliphatic rings. The maximum absolute atomic E-state index is 11.9. The van der Waals surface area contributed by atoms with Crippen molar-refractivity contribution in [2.75, 3.05) is 6.54 Å². The van der Waals surface area contributed by atoms with Gasteiger partial charge < -0.3 is 16.8 Å². The smallest absolute Gasteiger partial charge is 0.271 e. The van der Waals surface area contributed by atoms with Crippen molar-refractivity contribution in [3.05, 3.63) is 29.6 Å². The van der Waals surface area contributed by atoms with E-state index in [4.69, 9.17) is 11.5 Å². The molecule has 1 unspecified atom stereocenters. The Morgan fingerprint density at radius 3 is 2.89 bits per heavy atom. The highest BCUT2D eigenvalue weighted by Gasteiger charge is 2.16. The molecule has 1 aromatic rings. The second-order valence-electron chi connectivity index (χ2n) is 3.50. The average Bonchev–Trinajstić information content (AvgIpc) is 2.36. The fourth-order valence-electron chi connectivity index (χ4n) is 1.17. The summed E-state index contributed by atoms with van der Waals surface area (Å²) in [6.45, 7) is 1.68. The van der Waals surface area contributed by atoms with Gasteiger partial charge in [-0.3, -0.25) is 9.59 Å². The fraction of sp³-hybridized carbons (Fsp3) is 0.250. The van der Waals surface area contributed by atoms with Crippen LogP contribution in [-0.4, -0.2) is 29.4 Å². The number of amides is 2. The zero-order valence-electron chi connectivity index (χ0n) is 9.93. The maximum atomic E-state index is 11.9. The molecular weight excluding hydrogens is 232 g/mol. The third kappa shape index (κ3) is 3.57. The van der Waals surface area contributed by atoms with Crippen LogP contribution in [0.1, 0.15) is 23.0 Å². The monoisotopic (exact) mass is 246 g/mol. The van der Waals surface area contributed by atoms with Crippen molar-refractivity contribution in [3.8, 4) is 11.8 Å². The Balaban J connectivity index is 2.95. The van der Waals surface area contributed by atoms with E-state index in [-0.39, 0.29) is 12.2 Å². The number of nitrogens with two attached hydrogens (primary N) is 2. The Bertz CT molecular complexity index is 516. The number of carbonyl (C=O) groups is 2. The van der Waals surface area contributed by atoms with Crippen molar-refractivity contribution >= 4 is 11.8 Å². The summed E-state index contributed by atoms with van der Waals surface area (Å²) in [7, 11) is 0. The largest absolute Gasteiger partial charge is 0.368 e. The lowest BCUT2D eigenvalue weighted by Crippen LogP contribution is -2.42. The van der Waals surface area contributed by atoms with Crippen molar-refractivity contribution in [1.82, 2.24) is 10.3 Å². The molecule has 0 bridgehead atoms. The van der Waals surface area contributed by atoms with Crippen LogP contribution in [-0.2, 0) is 4.79 Å². The van der Waals surface area contributed by atoms with Gasteiger partial charge in [-0.05, 0) is 19.1 Å². The van der Waals surface area contributed by atoms with Crippen LogP contribution in [0.4, 0.5) is 0 Å². The SMILES string of the molecule is CC(NC(=O)c1ncccc1C#CCN)C(N)=O. The summed E-state index contributed by atoms with van der Waals surface area (Å²) in [5, 5.41) is 2.44. The second kappa shape index (κ2) is 6.37. The zero-order valence-corrected chi connectivity index (χ0v) is 9.93. The molecule has 0 aliphatic heterocycles. The second-order valence-corrected chi connectivity index (χ2v) is 3.50. The van der Waals surface area contributed by atoms with Gasteiger partial charge in [-0.15, -0.1) is 0 Å². The van der Waals surface area contributed by atoms with Gasteiger partial charge in [0.15, 0.2) is 0 Å². The van der Waals surface area contributed by atoms with E-state index >= 15 is 0 Å². The minimum atomic E-state index is -0.769. The van der Waals surface area contributed by atoms with Gasteiger partial charge >= 0.3 is 0 Å². The van der Waals surface area contributed by atoms with E-state index in [1.54, 1.807) is 12.1 Å². The molecule has 0 saturated carbocycles. The number of nitrogens with zero attached hydrogens (tertiary/aromatic N) is 1. The number of primary amides is 1. The third-order valence-corrected chi connectivity index (χ3v) is 2.12. The Kier molecular flexibility index (Phi) is 4.84. The van der Waals surface area contributed by atoms with Crippen LogP contribution in [0.25, 0.3) is 0 Å². The lowest BCUT2D eigenvalue weighted by molar-refractivity contribution is -0.119. The van der Waals surface area contributed by atoms with Crippen LogP contribution in [0.2, 0.25) is 0 Å². The number of rotatable bonds is 3. The van der Waals surface area contributed by atoms with Crippen molar-refractivity contribution in [2.45, 2.75) is 13.0 Å². The van der Waals surface area contributed by atoms with Gasteiger partial charge in [-0.25, -0.2) is 4.98 Å². The first-order chi connectivity index (χ1) is 8.56. The molecule has 6 heteroatoms. The molecule has 6 nitrogen and oxygen atoms in total. The van der Waals surface area contributed by atoms with E-state index in [2.05, 4.69) is 22.1 Å². The Morgan fingerprint density at radius 1 is 1.56 bits per heavy atom. The topological polar surface area (TPSA) is 111 Å². The zero-order chi connectivity index (χ0) is 13.5. The normalized spacial score (nSPS) is 11.0. The van der Waals surface area contributed by atoms with E-state index in [1.807, 2.05) is 0 Å². The van der Waals surface area contributed by atoms with Crippen LogP contribution < -0.4 is 16.8 Å². The van der Waals surface area contributed by atoms with E-state index in [9.17, 15) is 9.59 Å². The molecule has 0 saturated heterocycles. The lowest BCUT2D eigenvalue weighted by Gasteiger charge is -2.10. The molecule has 1 rings (SSSR count). The van der Waals surface area contributed by atoms with E-state index in [1.165, 1.54) is 13.1 Å². The summed E-state index contributed by atoms with van der Waals surface area (Å²) in [5.41, 5.74) is 10.9. The summed E-state index contributed by atoms with van der Waals surface area (Å²) in [5.74, 6) is 4.27. The highest BCUT2D eigenvalue weighted by atomic mass is 16.2. The summed E-state index contributed by atoms with van der Waals surface area (Å²) in [4.78, 5) is 26.7. The minimum Gasteiger partial charge on any atom is -0.368 e. The first kappa shape index (κ1) is 13.7. The summed E-state index contributed by atoms with van der Waals surface area (Å²) in [6.07, 6.45) is 1.47. The highest BCUT2D eigenvalue weighted by Crippen LogP contribution is 2.03. The van der Waals surface area contributed by atoms with Crippen LogP contribution in [0, 0.1) is 11.8 Å². The summed E-state index contributed by atoms with van der Waals surface area (Å²) >= 11 is 0. The first-order valence-electron chi connectivity index (χ1n) is 5.30. The number of aromatic nitrogens is 1. The molecule has 2 amide bonds. The quantitative estimate of drug-likeness (QED) is 0.594. The maximum Gasteiger partial charge on any atom is 0.271 e. The van der Waals surface area contributed by atoms with Crippen LogP contribution in [0.15, 0.2) is 18.3 Å². The van der Waals surface area contributed by atoms with Gasteiger partial charge in [-0.2, -0.15) is 0 Å². The average molecular weight is 246 g/mol. The van der Waals surface area contributed by atoms with Crippen LogP contribution in [0.3, 0.4) is 0 Å². The van der Waals surface area contributed by atoms with Crippen molar-refractivity contribution in [2.24, 2.45) is 11.5 Å². The number of carbonyl (C=O) groups excluding carboxylic acids is 2. The molecule has 18 heavy (non-hydrogen) atoms. The van der Waals surface area contributed by atoms with Gasteiger partial charge in [-0.1, -0.05) is 11.8 Å². The Labute approximate surface area is 105 Å². The predicted octanol–water partition coefficient (Wildman–Crippen LogP) is -1.00. The Hall–Kier alpha value is -2.39. The van der Waals surface area contributed by atoms with E-state index < -0.39 is 17.9 Å². The van der Waals surface area contributed by atoms with Crippen molar-refractivity contribution < 1.29 is 9.59 Å². The number of pyridine rings is 1. The highest BCUT2D eigenvalue weighted by molar-refractivity contribution is 5.97. The van der Waals surface area contributed by atoms with E-state index in [0.29, 0.717) is 5.56 Å². The van der Waals surface area contributed by atoms with Gasteiger partial charge in [0, 0.05) is 6.20 Å². The molecule has 0 spiro atoms. The number of nitrogens with one attached hydrogen (secondary N) is 1. The summed E-state index contributed by atoms with van der Waals surface area (Å²) < 4.78 is 0. The van der Waals surface area contributed by atoms with Crippen LogP contribution >= 0.6 is 0 Å². The number of hydrogen-bond donors (Lipinski definition) is 3. The van der Waals surface area contributed by atoms with Crippen molar-refractivity contribution in [1.29, 1.82) is 0 Å². The van der Waals surface area contributed by atoms with Gasteiger partial charge in [0.2, 0.25) is 5.91 Å². The first-order valence-corrected chi connectivity index (χ1v) is 5.30. The Morgan fingerprint density at radius 2 is 2.28 bits per heavy atom. The molecule has 5 N–H and O–H groups in total. The predicted molar refractivity (Wildman–Crippen MR) is 66.3 cm³/mol. The van der Waals surface area contributed by atoms with Gasteiger partial charge in [0.05, 0.1) is 12.1 Å². The minimum absolute atomic E-state index is 0.145.